The predicted molar refractivity (Wildman–Crippen MR) is 153 cm³/mol. The predicted octanol–water partition coefficient (Wildman–Crippen LogP) is 3.74. The Labute approximate surface area is 228 Å². The van der Waals surface area contributed by atoms with Crippen LogP contribution >= 0.6 is 0 Å². The van der Waals surface area contributed by atoms with Crippen molar-refractivity contribution in [3.8, 4) is 28.4 Å². The minimum atomic E-state index is -0.607. The van der Waals surface area contributed by atoms with Gasteiger partial charge in [0.2, 0.25) is 5.91 Å². The molecule has 0 aliphatic carbocycles. The number of hydrogen-bond donors (Lipinski definition) is 3. The minimum Gasteiger partial charge on any atom is -0.491 e. The average Bonchev–Trinajstić information content (AvgIpc) is 3.38. The Morgan fingerprint density at radius 3 is 2.85 bits per heavy atom. The molecule has 1 amide bonds. The van der Waals surface area contributed by atoms with Crippen LogP contribution in [0.3, 0.4) is 0 Å². The van der Waals surface area contributed by atoms with E-state index in [9.17, 15) is 9.90 Å². The second-order valence-electron chi connectivity index (χ2n) is 9.65. The smallest absolute Gasteiger partial charge is 0.222 e. The van der Waals surface area contributed by atoms with Crippen molar-refractivity contribution in [1.29, 1.82) is 0 Å². The number of nitrogens with zero attached hydrogens (tertiary/aromatic N) is 4. The van der Waals surface area contributed by atoms with Gasteiger partial charge in [0.05, 0.1) is 11.2 Å². The lowest BCUT2D eigenvalue weighted by Gasteiger charge is -2.16. The molecular formula is C30H34N6O3. The molecule has 9 nitrogen and oxygen atoms in total. The van der Waals surface area contributed by atoms with Crippen molar-refractivity contribution >= 4 is 22.6 Å². The highest BCUT2D eigenvalue weighted by Gasteiger charge is 2.19. The molecular weight excluding hydrogens is 492 g/mol. The monoisotopic (exact) mass is 526 g/mol. The molecule has 1 aliphatic heterocycles. The number of ether oxygens (including phenoxy) is 1. The van der Waals surface area contributed by atoms with Gasteiger partial charge in [-0.15, -0.1) is 0 Å². The minimum absolute atomic E-state index is 0.181. The number of benzene rings is 2. The Morgan fingerprint density at radius 2 is 2.00 bits per heavy atom. The van der Waals surface area contributed by atoms with E-state index < -0.39 is 6.10 Å². The van der Waals surface area contributed by atoms with Gasteiger partial charge in [0.15, 0.2) is 5.82 Å². The first-order valence-electron chi connectivity index (χ1n) is 13.4. The second kappa shape index (κ2) is 12.6. The van der Waals surface area contributed by atoms with Crippen LogP contribution in [0, 0.1) is 0 Å². The number of nitrogens with one attached hydrogen (secondary N) is 2. The van der Waals surface area contributed by atoms with Crippen molar-refractivity contribution in [1.82, 2.24) is 25.2 Å². The summed E-state index contributed by atoms with van der Waals surface area (Å²) in [6.45, 7) is 2.90. The molecule has 9 heteroatoms. The van der Waals surface area contributed by atoms with Crippen molar-refractivity contribution in [2.75, 3.05) is 45.2 Å². The van der Waals surface area contributed by atoms with Gasteiger partial charge in [-0.2, -0.15) is 0 Å². The van der Waals surface area contributed by atoms with Crippen LogP contribution in [0.1, 0.15) is 19.3 Å². The Bertz CT molecular complexity index is 1420. The van der Waals surface area contributed by atoms with Crippen LogP contribution in [0.15, 0.2) is 66.9 Å². The molecule has 39 heavy (non-hydrogen) atoms. The number of rotatable bonds is 12. The Kier molecular flexibility index (Phi) is 8.60. The first-order chi connectivity index (χ1) is 19.1. The maximum Gasteiger partial charge on any atom is 0.222 e. The van der Waals surface area contributed by atoms with Gasteiger partial charge in [0.1, 0.15) is 24.3 Å². The van der Waals surface area contributed by atoms with Gasteiger partial charge in [-0.05, 0) is 44.2 Å². The quantitative estimate of drug-likeness (QED) is 0.239. The number of aromatic nitrogens is 3. The lowest BCUT2D eigenvalue weighted by Crippen LogP contribution is -2.29. The Morgan fingerprint density at radius 1 is 1.10 bits per heavy atom. The number of fused-ring (bicyclic) bond motifs is 1. The molecule has 3 N–H and O–H groups in total. The number of pyridine rings is 1. The molecule has 3 heterocycles. The van der Waals surface area contributed by atoms with Gasteiger partial charge in [0, 0.05) is 61.4 Å². The van der Waals surface area contributed by atoms with Crippen molar-refractivity contribution in [3.05, 3.63) is 66.9 Å². The van der Waals surface area contributed by atoms with Crippen LogP contribution in [0.2, 0.25) is 0 Å². The molecule has 4 aromatic rings. The average molecular weight is 527 g/mol. The largest absolute Gasteiger partial charge is 0.491 e. The van der Waals surface area contributed by atoms with E-state index in [0.717, 1.165) is 53.7 Å². The van der Waals surface area contributed by atoms with Gasteiger partial charge >= 0.3 is 0 Å². The molecule has 0 saturated carbocycles. The third-order valence-electron chi connectivity index (χ3n) is 6.70. The molecule has 2 aromatic heterocycles. The Balaban J connectivity index is 1.42. The van der Waals surface area contributed by atoms with Crippen molar-refractivity contribution in [3.63, 3.8) is 0 Å². The molecule has 1 fully saturated rings. The lowest BCUT2D eigenvalue weighted by molar-refractivity contribution is -0.127. The summed E-state index contributed by atoms with van der Waals surface area (Å²) in [5, 5.41) is 17.4. The fourth-order valence-corrected chi connectivity index (χ4v) is 4.77. The molecule has 1 saturated heterocycles. The number of aliphatic hydroxyl groups is 1. The number of anilines is 1. The van der Waals surface area contributed by atoms with E-state index in [1.54, 1.807) is 13.2 Å². The van der Waals surface area contributed by atoms with E-state index in [0.29, 0.717) is 36.9 Å². The van der Waals surface area contributed by atoms with E-state index in [2.05, 4.69) is 15.6 Å². The van der Waals surface area contributed by atoms with Crippen LogP contribution in [-0.4, -0.2) is 76.8 Å². The number of likely N-dealkylation sites (tertiary alicyclic amines) is 1. The fourth-order valence-electron chi connectivity index (χ4n) is 4.77. The van der Waals surface area contributed by atoms with Crippen molar-refractivity contribution in [2.45, 2.75) is 25.4 Å². The molecule has 1 unspecified atom stereocenters. The van der Waals surface area contributed by atoms with E-state index >= 15 is 0 Å². The molecule has 0 spiro atoms. The molecule has 0 bridgehead atoms. The van der Waals surface area contributed by atoms with Crippen molar-refractivity contribution < 1.29 is 14.6 Å². The molecule has 1 atom stereocenters. The van der Waals surface area contributed by atoms with Crippen molar-refractivity contribution in [2.24, 2.45) is 0 Å². The Hall–Kier alpha value is -4.08. The number of likely N-dealkylation sites (N-methyl/N-ethyl adjacent to an activating group) is 1. The zero-order valence-corrected chi connectivity index (χ0v) is 22.1. The zero-order chi connectivity index (χ0) is 27.0. The summed E-state index contributed by atoms with van der Waals surface area (Å²) in [4.78, 5) is 28.1. The SMILES string of the molecule is CNCC(O)COc1cccc(-c2nc(NCCCN3CCCC3=O)cc(-c3cccc4ncccc34)n2)c1. The van der Waals surface area contributed by atoms with E-state index in [-0.39, 0.29) is 12.5 Å². The maximum atomic E-state index is 11.9. The number of carbonyl (C=O) groups is 1. The first kappa shape index (κ1) is 26.5. The fraction of sp³-hybridized carbons (Fsp3) is 0.333. The summed E-state index contributed by atoms with van der Waals surface area (Å²) in [5.41, 5.74) is 3.46. The number of hydrogen-bond acceptors (Lipinski definition) is 8. The standard InChI is InChI=1S/C30H34N6O3/c1-31-19-22(37)20-39-23-8-2-7-21(17-23)30-34-27(25-9-3-11-26-24(25)10-4-13-32-26)18-28(35-30)33-14-6-16-36-15-5-12-29(36)38/h2-4,7-11,13,17-18,22,31,37H,5-6,12,14-16,19-20H2,1H3,(H,33,34,35). The summed E-state index contributed by atoms with van der Waals surface area (Å²) < 4.78 is 5.82. The summed E-state index contributed by atoms with van der Waals surface area (Å²) >= 11 is 0. The highest BCUT2D eigenvalue weighted by molar-refractivity contribution is 5.94. The highest BCUT2D eigenvalue weighted by Crippen LogP contribution is 2.30. The van der Waals surface area contributed by atoms with E-state index in [1.807, 2.05) is 65.6 Å². The topological polar surface area (TPSA) is 112 Å². The van der Waals surface area contributed by atoms with Gasteiger partial charge in [0.25, 0.3) is 0 Å². The number of amides is 1. The third kappa shape index (κ3) is 6.68. The lowest BCUT2D eigenvalue weighted by atomic mass is 10.0. The van der Waals surface area contributed by atoms with Gasteiger partial charge in [-0.1, -0.05) is 30.3 Å². The first-order valence-corrected chi connectivity index (χ1v) is 13.4. The van der Waals surface area contributed by atoms with Gasteiger partial charge in [-0.3, -0.25) is 9.78 Å². The number of carbonyl (C=O) groups excluding carboxylic acids is 1. The van der Waals surface area contributed by atoms with E-state index in [1.165, 1.54) is 0 Å². The maximum absolute atomic E-state index is 11.9. The van der Waals surface area contributed by atoms with Gasteiger partial charge in [-0.25, -0.2) is 9.97 Å². The van der Waals surface area contributed by atoms with Crippen LogP contribution < -0.4 is 15.4 Å². The van der Waals surface area contributed by atoms with E-state index in [4.69, 9.17) is 14.7 Å². The summed E-state index contributed by atoms with van der Waals surface area (Å²) in [5.74, 6) is 2.15. The normalized spacial score (nSPS) is 14.1. The van der Waals surface area contributed by atoms with Crippen LogP contribution in [-0.2, 0) is 4.79 Å². The molecule has 202 valence electrons. The summed E-state index contributed by atoms with van der Waals surface area (Å²) in [6, 6.07) is 19.5. The highest BCUT2D eigenvalue weighted by atomic mass is 16.5. The van der Waals surface area contributed by atoms with Crippen LogP contribution in [0.25, 0.3) is 33.5 Å². The summed E-state index contributed by atoms with van der Waals surface area (Å²) in [6.07, 6.45) is 3.61. The van der Waals surface area contributed by atoms with Gasteiger partial charge < -0.3 is 25.4 Å². The number of aliphatic hydroxyl groups excluding tert-OH is 1. The molecule has 5 rings (SSSR count). The van der Waals surface area contributed by atoms with Crippen LogP contribution in [0.4, 0.5) is 5.82 Å². The third-order valence-corrected chi connectivity index (χ3v) is 6.70. The zero-order valence-electron chi connectivity index (χ0n) is 22.1. The summed E-state index contributed by atoms with van der Waals surface area (Å²) in [7, 11) is 1.79. The second-order valence-corrected chi connectivity index (χ2v) is 9.65. The molecule has 1 aliphatic rings. The molecule has 2 aromatic carbocycles. The molecule has 0 radical (unpaired) electrons. The van der Waals surface area contributed by atoms with Crippen LogP contribution in [0.5, 0.6) is 5.75 Å².